The summed E-state index contributed by atoms with van der Waals surface area (Å²) in [5.74, 6) is 6.27. The van der Waals surface area contributed by atoms with Crippen molar-refractivity contribution < 1.29 is 0 Å². The van der Waals surface area contributed by atoms with Gasteiger partial charge in [0.15, 0.2) is 0 Å². The SMILES string of the molecule is Cc1ccc(C#CCN2CCCC2)nc1. The minimum Gasteiger partial charge on any atom is -0.292 e. The summed E-state index contributed by atoms with van der Waals surface area (Å²) in [6, 6.07) is 4.03. The minimum atomic E-state index is 0.875. The van der Waals surface area contributed by atoms with E-state index in [1.807, 2.05) is 25.3 Å². The lowest BCUT2D eigenvalue weighted by molar-refractivity contribution is 0.383. The lowest BCUT2D eigenvalue weighted by Gasteiger charge is -2.08. The lowest BCUT2D eigenvalue weighted by Crippen LogP contribution is -2.18. The van der Waals surface area contributed by atoms with Gasteiger partial charge in [0.1, 0.15) is 5.69 Å². The summed E-state index contributed by atoms with van der Waals surface area (Å²) < 4.78 is 0. The first kappa shape index (κ1) is 10.2. The van der Waals surface area contributed by atoms with E-state index < -0.39 is 0 Å². The molecule has 0 atom stereocenters. The van der Waals surface area contributed by atoms with E-state index in [9.17, 15) is 0 Å². The van der Waals surface area contributed by atoms with Crippen LogP contribution in [0.5, 0.6) is 0 Å². The molecule has 15 heavy (non-hydrogen) atoms. The van der Waals surface area contributed by atoms with Gasteiger partial charge in [0.05, 0.1) is 6.54 Å². The van der Waals surface area contributed by atoms with Gasteiger partial charge in [0.25, 0.3) is 0 Å². The van der Waals surface area contributed by atoms with Crippen LogP contribution in [-0.4, -0.2) is 29.5 Å². The van der Waals surface area contributed by atoms with Crippen molar-refractivity contribution in [3.8, 4) is 11.8 Å². The third-order valence-electron chi connectivity index (χ3n) is 2.63. The summed E-state index contributed by atoms with van der Waals surface area (Å²) in [6.45, 7) is 5.33. The maximum atomic E-state index is 4.25. The molecule has 1 aliphatic rings. The van der Waals surface area contributed by atoms with Gasteiger partial charge in [-0.3, -0.25) is 4.90 Å². The maximum absolute atomic E-state index is 4.25. The zero-order chi connectivity index (χ0) is 10.5. The van der Waals surface area contributed by atoms with Crippen LogP contribution in [0.4, 0.5) is 0 Å². The molecule has 0 unspecified atom stereocenters. The van der Waals surface area contributed by atoms with Gasteiger partial charge in [0, 0.05) is 6.20 Å². The van der Waals surface area contributed by atoms with Crippen molar-refractivity contribution in [3.05, 3.63) is 29.6 Å². The second-order valence-electron chi connectivity index (χ2n) is 4.01. The normalized spacial score (nSPS) is 16.1. The van der Waals surface area contributed by atoms with Crippen molar-refractivity contribution in [1.29, 1.82) is 0 Å². The average Bonchev–Trinajstić information content (AvgIpc) is 2.74. The highest BCUT2D eigenvalue weighted by Gasteiger charge is 2.08. The Bertz CT molecular complexity index is 364. The van der Waals surface area contributed by atoms with Gasteiger partial charge in [-0.05, 0) is 50.4 Å². The van der Waals surface area contributed by atoms with Crippen molar-refractivity contribution in [3.63, 3.8) is 0 Å². The Kier molecular flexibility index (Phi) is 3.37. The predicted molar refractivity (Wildman–Crippen MR) is 61.5 cm³/mol. The van der Waals surface area contributed by atoms with Crippen LogP contribution in [0.3, 0.4) is 0 Å². The van der Waals surface area contributed by atoms with E-state index in [2.05, 4.69) is 21.7 Å². The number of rotatable bonds is 1. The van der Waals surface area contributed by atoms with Crippen molar-refractivity contribution in [2.24, 2.45) is 0 Å². The Morgan fingerprint density at radius 3 is 2.80 bits per heavy atom. The molecule has 0 bridgehead atoms. The van der Waals surface area contributed by atoms with E-state index in [4.69, 9.17) is 0 Å². The summed E-state index contributed by atoms with van der Waals surface area (Å²) in [5.41, 5.74) is 2.06. The fourth-order valence-corrected chi connectivity index (χ4v) is 1.72. The molecule has 1 aromatic heterocycles. The van der Waals surface area contributed by atoms with Crippen LogP contribution in [0.1, 0.15) is 24.1 Å². The molecule has 2 rings (SSSR count). The number of aryl methyl sites for hydroxylation is 1. The number of likely N-dealkylation sites (tertiary alicyclic amines) is 1. The summed E-state index contributed by atoms with van der Waals surface area (Å²) in [4.78, 5) is 6.64. The number of nitrogens with zero attached hydrogens (tertiary/aromatic N) is 2. The van der Waals surface area contributed by atoms with Crippen LogP contribution in [0.15, 0.2) is 18.3 Å². The minimum absolute atomic E-state index is 0.875. The van der Waals surface area contributed by atoms with Crippen LogP contribution in [-0.2, 0) is 0 Å². The molecule has 0 aliphatic carbocycles. The zero-order valence-corrected chi connectivity index (χ0v) is 9.16. The molecule has 0 radical (unpaired) electrons. The molecule has 0 saturated carbocycles. The summed E-state index contributed by atoms with van der Waals surface area (Å²) in [6.07, 6.45) is 4.51. The van der Waals surface area contributed by atoms with E-state index >= 15 is 0 Å². The molecule has 2 heteroatoms. The van der Waals surface area contributed by atoms with E-state index in [-0.39, 0.29) is 0 Å². The molecule has 78 valence electrons. The Balaban J connectivity index is 1.90. The van der Waals surface area contributed by atoms with E-state index in [1.165, 1.54) is 31.5 Å². The first-order valence-corrected chi connectivity index (χ1v) is 5.48. The molecule has 1 aliphatic heterocycles. The van der Waals surface area contributed by atoms with Crippen molar-refractivity contribution in [1.82, 2.24) is 9.88 Å². The summed E-state index contributed by atoms with van der Waals surface area (Å²) >= 11 is 0. The second kappa shape index (κ2) is 4.95. The first-order valence-electron chi connectivity index (χ1n) is 5.48. The molecule has 0 spiro atoms. The third-order valence-corrected chi connectivity index (χ3v) is 2.63. The van der Waals surface area contributed by atoms with Gasteiger partial charge >= 0.3 is 0 Å². The summed E-state index contributed by atoms with van der Waals surface area (Å²) in [7, 11) is 0. The Morgan fingerprint density at radius 2 is 2.13 bits per heavy atom. The predicted octanol–water partition coefficient (Wildman–Crippen LogP) is 1.84. The maximum Gasteiger partial charge on any atom is 0.113 e. The van der Waals surface area contributed by atoms with Crippen LogP contribution in [0.25, 0.3) is 0 Å². The Labute approximate surface area is 91.3 Å². The van der Waals surface area contributed by atoms with Gasteiger partial charge in [-0.25, -0.2) is 4.98 Å². The zero-order valence-electron chi connectivity index (χ0n) is 9.16. The molecule has 2 heterocycles. The first-order chi connectivity index (χ1) is 7.34. The monoisotopic (exact) mass is 200 g/mol. The van der Waals surface area contributed by atoms with Crippen LogP contribution < -0.4 is 0 Å². The van der Waals surface area contributed by atoms with Gasteiger partial charge in [0.2, 0.25) is 0 Å². The highest BCUT2D eigenvalue weighted by molar-refractivity contribution is 5.28. The van der Waals surface area contributed by atoms with E-state index in [0.717, 1.165) is 12.2 Å². The number of hydrogen-bond acceptors (Lipinski definition) is 2. The van der Waals surface area contributed by atoms with Gasteiger partial charge in [-0.15, -0.1) is 0 Å². The van der Waals surface area contributed by atoms with Gasteiger partial charge < -0.3 is 0 Å². The van der Waals surface area contributed by atoms with Crippen LogP contribution in [0, 0.1) is 18.8 Å². The number of hydrogen-bond donors (Lipinski definition) is 0. The highest BCUT2D eigenvalue weighted by atomic mass is 15.1. The van der Waals surface area contributed by atoms with Crippen molar-refractivity contribution in [2.45, 2.75) is 19.8 Å². The van der Waals surface area contributed by atoms with E-state index in [1.54, 1.807) is 0 Å². The third kappa shape index (κ3) is 3.07. The van der Waals surface area contributed by atoms with E-state index in [0.29, 0.717) is 0 Å². The largest absolute Gasteiger partial charge is 0.292 e. The average molecular weight is 200 g/mol. The molecule has 1 fully saturated rings. The standard InChI is InChI=1S/C13H16N2/c1-12-6-7-13(14-11-12)5-4-10-15-8-2-3-9-15/h6-7,11H,2-3,8-10H2,1H3. The fourth-order valence-electron chi connectivity index (χ4n) is 1.72. The molecule has 0 amide bonds. The highest BCUT2D eigenvalue weighted by Crippen LogP contribution is 2.05. The van der Waals surface area contributed by atoms with Crippen LogP contribution >= 0.6 is 0 Å². The lowest BCUT2D eigenvalue weighted by atomic mass is 10.3. The topological polar surface area (TPSA) is 16.1 Å². The molecule has 0 N–H and O–H groups in total. The number of aromatic nitrogens is 1. The van der Waals surface area contributed by atoms with Gasteiger partial charge in [-0.2, -0.15) is 0 Å². The molecule has 0 aromatic carbocycles. The Hall–Kier alpha value is -1.33. The second-order valence-corrected chi connectivity index (χ2v) is 4.01. The summed E-state index contributed by atoms with van der Waals surface area (Å²) in [5, 5.41) is 0. The fraction of sp³-hybridized carbons (Fsp3) is 0.462. The van der Waals surface area contributed by atoms with Crippen molar-refractivity contribution >= 4 is 0 Å². The molecule has 2 nitrogen and oxygen atoms in total. The number of pyridine rings is 1. The van der Waals surface area contributed by atoms with Crippen molar-refractivity contribution in [2.75, 3.05) is 19.6 Å². The molecule has 1 saturated heterocycles. The molecular formula is C13H16N2. The smallest absolute Gasteiger partial charge is 0.113 e. The van der Waals surface area contributed by atoms with Gasteiger partial charge in [-0.1, -0.05) is 12.0 Å². The Morgan fingerprint density at radius 1 is 1.33 bits per heavy atom. The quantitative estimate of drug-likeness (QED) is 0.643. The molecular weight excluding hydrogens is 184 g/mol. The molecule has 1 aromatic rings. The van der Waals surface area contributed by atoms with Crippen LogP contribution in [0.2, 0.25) is 0 Å².